The zero-order valence-corrected chi connectivity index (χ0v) is 16.0. The van der Waals surface area contributed by atoms with Gasteiger partial charge in [-0.25, -0.2) is 0 Å². The van der Waals surface area contributed by atoms with E-state index in [0.717, 1.165) is 5.56 Å². The number of anilines is 1. The van der Waals surface area contributed by atoms with Gasteiger partial charge >= 0.3 is 0 Å². The van der Waals surface area contributed by atoms with E-state index in [-0.39, 0.29) is 24.0 Å². The standard InChI is InChI=1S/C22H26N2O3/c1-15(2)27-19-12-8-7-11-18(19)24-21(26)22(13-14-22)20(25)23-16(3)17-9-5-4-6-10-17/h4-12,15-16H,13-14H2,1-3H3,(H,23,25)(H,24,26). The van der Waals surface area contributed by atoms with Gasteiger partial charge in [0.25, 0.3) is 0 Å². The third-order valence-electron chi connectivity index (χ3n) is 4.76. The first-order valence-corrected chi connectivity index (χ1v) is 9.35. The second kappa shape index (κ2) is 7.82. The number of carbonyl (C=O) groups is 2. The van der Waals surface area contributed by atoms with E-state index >= 15 is 0 Å². The lowest BCUT2D eigenvalue weighted by Crippen LogP contribution is -2.41. The highest BCUT2D eigenvalue weighted by Gasteiger charge is 2.56. The molecule has 1 aliphatic rings. The fraction of sp³-hybridized carbons (Fsp3) is 0.364. The Labute approximate surface area is 160 Å². The molecule has 0 aliphatic heterocycles. The van der Waals surface area contributed by atoms with Crippen LogP contribution in [0.15, 0.2) is 54.6 Å². The van der Waals surface area contributed by atoms with Crippen LogP contribution in [-0.4, -0.2) is 17.9 Å². The molecule has 5 heteroatoms. The highest BCUT2D eigenvalue weighted by atomic mass is 16.5. The summed E-state index contributed by atoms with van der Waals surface area (Å²) < 4.78 is 5.75. The van der Waals surface area contributed by atoms with Gasteiger partial charge in [-0.15, -0.1) is 0 Å². The van der Waals surface area contributed by atoms with Crippen molar-refractivity contribution >= 4 is 17.5 Å². The Kier molecular flexibility index (Phi) is 5.49. The van der Waals surface area contributed by atoms with Gasteiger partial charge in [-0.1, -0.05) is 42.5 Å². The zero-order chi connectivity index (χ0) is 19.4. The fourth-order valence-electron chi connectivity index (χ4n) is 3.01. The Morgan fingerprint density at radius 3 is 2.19 bits per heavy atom. The molecular weight excluding hydrogens is 340 g/mol. The van der Waals surface area contributed by atoms with E-state index in [4.69, 9.17) is 4.74 Å². The van der Waals surface area contributed by atoms with Crippen LogP contribution in [0.4, 0.5) is 5.69 Å². The predicted octanol–water partition coefficient (Wildman–Crippen LogP) is 4.07. The summed E-state index contributed by atoms with van der Waals surface area (Å²) in [5, 5.41) is 5.87. The van der Waals surface area contributed by atoms with Crippen LogP contribution < -0.4 is 15.4 Å². The minimum Gasteiger partial charge on any atom is -0.489 e. The second-order valence-corrected chi connectivity index (χ2v) is 7.30. The van der Waals surface area contributed by atoms with Crippen LogP contribution in [0.1, 0.15) is 45.2 Å². The van der Waals surface area contributed by atoms with E-state index in [1.807, 2.05) is 69.3 Å². The summed E-state index contributed by atoms with van der Waals surface area (Å²) in [7, 11) is 0. The Morgan fingerprint density at radius 1 is 0.926 bits per heavy atom. The maximum atomic E-state index is 12.9. The van der Waals surface area contributed by atoms with Gasteiger partial charge in [-0.2, -0.15) is 0 Å². The number of hydrogen-bond donors (Lipinski definition) is 2. The molecule has 2 N–H and O–H groups in total. The molecule has 0 radical (unpaired) electrons. The Hall–Kier alpha value is -2.82. The third-order valence-corrected chi connectivity index (χ3v) is 4.76. The molecule has 2 amide bonds. The molecule has 1 aliphatic carbocycles. The minimum absolute atomic E-state index is 0.00652. The maximum absolute atomic E-state index is 12.9. The summed E-state index contributed by atoms with van der Waals surface area (Å²) >= 11 is 0. The lowest BCUT2D eigenvalue weighted by Gasteiger charge is -2.21. The van der Waals surface area contributed by atoms with Gasteiger partial charge in [0.1, 0.15) is 11.2 Å². The number of amides is 2. The van der Waals surface area contributed by atoms with E-state index in [2.05, 4.69) is 10.6 Å². The van der Waals surface area contributed by atoms with Crippen molar-refractivity contribution in [3.63, 3.8) is 0 Å². The summed E-state index contributed by atoms with van der Waals surface area (Å²) in [5.74, 6) is 0.105. The highest BCUT2D eigenvalue weighted by Crippen LogP contribution is 2.47. The van der Waals surface area contributed by atoms with Crippen molar-refractivity contribution in [3.8, 4) is 5.75 Å². The molecule has 3 rings (SSSR count). The first kappa shape index (κ1) is 19.0. The van der Waals surface area contributed by atoms with Gasteiger partial charge in [0.2, 0.25) is 11.8 Å². The van der Waals surface area contributed by atoms with Crippen molar-refractivity contribution in [1.29, 1.82) is 0 Å². The molecule has 1 fully saturated rings. The molecule has 27 heavy (non-hydrogen) atoms. The maximum Gasteiger partial charge on any atom is 0.240 e. The van der Waals surface area contributed by atoms with Gasteiger partial charge < -0.3 is 15.4 Å². The molecule has 2 aromatic rings. The Balaban J connectivity index is 1.69. The molecule has 0 bridgehead atoms. The monoisotopic (exact) mass is 366 g/mol. The summed E-state index contributed by atoms with van der Waals surface area (Å²) in [5.41, 5.74) is 0.609. The first-order valence-electron chi connectivity index (χ1n) is 9.35. The lowest BCUT2D eigenvalue weighted by molar-refractivity contribution is -0.134. The smallest absolute Gasteiger partial charge is 0.240 e. The molecule has 142 valence electrons. The molecule has 1 atom stereocenters. The topological polar surface area (TPSA) is 67.4 Å². The first-order chi connectivity index (χ1) is 12.9. The molecule has 5 nitrogen and oxygen atoms in total. The lowest BCUT2D eigenvalue weighted by atomic mass is 10.0. The molecule has 1 unspecified atom stereocenters. The van der Waals surface area contributed by atoms with Crippen LogP contribution in [0.25, 0.3) is 0 Å². The van der Waals surface area contributed by atoms with Crippen LogP contribution in [0.3, 0.4) is 0 Å². The Bertz CT molecular complexity index is 813. The summed E-state index contributed by atoms with van der Waals surface area (Å²) in [6.07, 6.45) is 1.10. The molecule has 0 heterocycles. The second-order valence-electron chi connectivity index (χ2n) is 7.30. The predicted molar refractivity (Wildman–Crippen MR) is 106 cm³/mol. The van der Waals surface area contributed by atoms with Crippen molar-refractivity contribution in [2.45, 2.75) is 45.8 Å². The van der Waals surface area contributed by atoms with Gasteiger partial charge in [0.05, 0.1) is 17.8 Å². The minimum atomic E-state index is -0.992. The fourth-order valence-corrected chi connectivity index (χ4v) is 3.01. The third kappa shape index (κ3) is 4.30. The van der Waals surface area contributed by atoms with E-state index in [1.54, 1.807) is 6.07 Å². The van der Waals surface area contributed by atoms with Gasteiger partial charge in [0.15, 0.2) is 0 Å². The molecule has 2 aromatic carbocycles. The van der Waals surface area contributed by atoms with E-state index in [0.29, 0.717) is 24.3 Å². The van der Waals surface area contributed by atoms with Crippen molar-refractivity contribution < 1.29 is 14.3 Å². The van der Waals surface area contributed by atoms with Crippen LogP contribution in [-0.2, 0) is 9.59 Å². The Morgan fingerprint density at radius 2 is 1.56 bits per heavy atom. The van der Waals surface area contributed by atoms with Gasteiger partial charge in [-0.05, 0) is 51.3 Å². The van der Waals surface area contributed by atoms with Crippen molar-refractivity contribution in [1.82, 2.24) is 5.32 Å². The largest absolute Gasteiger partial charge is 0.489 e. The molecule has 0 spiro atoms. The number of nitrogens with one attached hydrogen (secondary N) is 2. The van der Waals surface area contributed by atoms with Crippen LogP contribution in [0.5, 0.6) is 5.75 Å². The average molecular weight is 366 g/mol. The van der Waals surface area contributed by atoms with E-state index in [1.165, 1.54) is 0 Å². The number of rotatable bonds is 7. The van der Waals surface area contributed by atoms with E-state index in [9.17, 15) is 9.59 Å². The summed E-state index contributed by atoms with van der Waals surface area (Å²) in [6.45, 7) is 5.78. The van der Waals surface area contributed by atoms with Gasteiger partial charge in [0, 0.05) is 0 Å². The quantitative estimate of drug-likeness (QED) is 0.726. The van der Waals surface area contributed by atoms with E-state index < -0.39 is 5.41 Å². The normalized spacial score (nSPS) is 15.7. The number of benzene rings is 2. The average Bonchev–Trinajstić information content (AvgIpc) is 3.46. The molecule has 0 aromatic heterocycles. The van der Waals surface area contributed by atoms with Crippen LogP contribution in [0, 0.1) is 5.41 Å². The van der Waals surface area contributed by atoms with Crippen molar-refractivity contribution in [2.24, 2.45) is 5.41 Å². The number of carbonyl (C=O) groups excluding carboxylic acids is 2. The summed E-state index contributed by atoms with van der Waals surface area (Å²) in [6, 6.07) is 16.9. The molecule has 1 saturated carbocycles. The number of hydrogen-bond acceptors (Lipinski definition) is 3. The van der Waals surface area contributed by atoms with Crippen molar-refractivity contribution in [2.75, 3.05) is 5.32 Å². The SMILES string of the molecule is CC(C)Oc1ccccc1NC(=O)C1(C(=O)NC(C)c2ccccc2)CC1. The highest BCUT2D eigenvalue weighted by molar-refractivity contribution is 6.13. The van der Waals surface area contributed by atoms with Crippen LogP contribution in [0.2, 0.25) is 0 Å². The van der Waals surface area contributed by atoms with Gasteiger partial charge in [-0.3, -0.25) is 9.59 Å². The molecule has 0 saturated heterocycles. The number of ether oxygens (including phenoxy) is 1. The molecular formula is C22H26N2O3. The summed E-state index contributed by atoms with van der Waals surface area (Å²) in [4.78, 5) is 25.7. The van der Waals surface area contributed by atoms with Crippen LogP contribution >= 0.6 is 0 Å². The number of para-hydroxylation sites is 2. The van der Waals surface area contributed by atoms with Crippen molar-refractivity contribution in [3.05, 3.63) is 60.2 Å². The zero-order valence-electron chi connectivity index (χ0n) is 16.0.